The van der Waals surface area contributed by atoms with Gasteiger partial charge in [-0.15, -0.1) is 11.8 Å². The SMILES string of the molecule is CCc1ccccc1N1C(=O)C[C@H](SCC(=O)Nc2ccc(Br)cc2)C1=O. The molecule has 5 nitrogen and oxygen atoms in total. The van der Waals surface area contributed by atoms with Crippen LogP contribution in [0.4, 0.5) is 11.4 Å². The lowest BCUT2D eigenvalue weighted by Crippen LogP contribution is -2.32. The second-order valence-corrected chi connectivity index (χ2v) is 8.22. The highest BCUT2D eigenvalue weighted by Gasteiger charge is 2.40. The fourth-order valence-electron chi connectivity index (χ4n) is 2.92. The number of carbonyl (C=O) groups excluding carboxylic acids is 3. The van der Waals surface area contributed by atoms with Crippen LogP contribution in [-0.4, -0.2) is 28.7 Å². The van der Waals surface area contributed by atoms with E-state index < -0.39 is 5.25 Å². The minimum absolute atomic E-state index is 0.114. The van der Waals surface area contributed by atoms with Crippen molar-refractivity contribution in [1.82, 2.24) is 0 Å². The topological polar surface area (TPSA) is 66.5 Å². The minimum atomic E-state index is -0.530. The Morgan fingerprint density at radius 2 is 1.89 bits per heavy atom. The molecule has 0 bridgehead atoms. The molecule has 0 saturated carbocycles. The first-order valence-corrected chi connectivity index (χ1v) is 10.5. The zero-order valence-electron chi connectivity index (χ0n) is 14.8. The molecule has 2 aromatic rings. The highest BCUT2D eigenvalue weighted by atomic mass is 79.9. The van der Waals surface area contributed by atoms with Gasteiger partial charge in [0.05, 0.1) is 16.7 Å². The minimum Gasteiger partial charge on any atom is -0.325 e. The van der Waals surface area contributed by atoms with Crippen molar-refractivity contribution in [1.29, 1.82) is 0 Å². The predicted molar refractivity (Wildman–Crippen MR) is 112 cm³/mol. The van der Waals surface area contributed by atoms with E-state index >= 15 is 0 Å². The van der Waals surface area contributed by atoms with Crippen molar-refractivity contribution in [2.45, 2.75) is 25.0 Å². The second kappa shape index (κ2) is 8.71. The van der Waals surface area contributed by atoms with Gasteiger partial charge in [-0.3, -0.25) is 14.4 Å². The van der Waals surface area contributed by atoms with E-state index in [0.29, 0.717) is 11.4 Å². The predicted octanol–water partition coefficient (Wildman–Crippen LogP) is 4.02. The Morgan fingerprint density at radius 3 is 2.59 bits per heavy atom. The quantitative estimate of drug-likeness (QED) is 0.680. The first-order valence-electron chi connectivity index (χ1n) is 8.61. The third kappa shape index (κ3) is 4.59. The number of benzene rings is 2. The molecule has 0 unspecified atom stereocenters. The van der Waals surface area contributed by atoms with E-state index in [4.69, 9.17) is 0 Å². The van der Waals surface area contributed by atoms with Crippen molar-refractivity contribution in [3.8, 4) is 0 Å². The Balaban J connectivity index is 1.61. The van der Waals surface area contributed by atoms with Gasteiger partial charge in [0, 0.05) is 16.6 Å². The van der Waals surface area contributed by atoms with Crippen molar-refractivity contribution < 1.29 is 14.4 Å². The smallest absolute Gasteiger partial charge is 0.247 e. The van der Waals surface area contributed by atoms with Gasteiger partial charge in [0.2, 0.25) is 17.7 Å². The van der Waals surface area contributed by atoms with Crippen molar-refractivity contribution >= 4 is 56.8 Å². The maximum absolute atomic E-state index is 12.7. The standard InChI is InChI=1S/C20H19BrN2O3S/c1-2-13-5-3-4-6-16(13)23-19(25)11-17(20(23)26)27-12-18(24)22-15-9-7-14(21)8-10-15/h3-10,17H,2,11-12H2,1H3,(H,22,24)/t17-/m0/s1. The summed E-state index contributed by atoms with van der Waals surface area (Å²) in [4.78, 5) is 38.6. The molecule has 1 fully saturated rings. The summed E-state index contributed by atoms with van der Waals surface area (Å²) in [5, 5.41) is 2.26. The van der Waals surface area contributed by atoms with Crippen LogP contribution in [0.25, 0.3) is 0 Å². The molecule has 1 aliphatic heterocycles. The van der Waals surface area contributed by atoms with Crippen molar-refractivity contribution in [3.05, 3.63) is 58.6 Å². The van der Waals surface area contributed by atoms with Gasteiger partial charge in [-0.1, -0.05) is 41.1 Å². The van der Waals surface area contributed by atoms with Gasteiger partial charge in [-0.25, -0.2) is 4.90 Å². The molecule has 7 heteroatoms. The highest BCUT2D eigenvalue weighted by molar-refractivity contribution is 9.10. The third-order valence-corrected chi connectivity index (χ3v) is 5.99. The monoisotopic (exact) mass is 446 g/mol. The zero-order chi connectivity index (χ0) is 19.4. The number of hydrogen-bond acceptors (Lipinski definition) is 4. The maximum Gasteiger partial charge on any atom is 0.247 e. The van der Waals surface area contributed by atoms with E-state index in [0.717, 1.165) is 16.5 Å². The highest BCUT2D eigenvalue weighted by Crippen LogP contribution is 2.32. The molecule has 140 valence electrons. The van der Waals surface area contributed by atoms with Gasteiger partial charge < -0.3 is 5.32 Å². The largest absolute Gasteiger partial charge is 0.325 e. The van der Waals surface area contributed by atoms with Gasteiger partial charge in [0.1, 0.15) is 0 Å². The summed E-state index contributed by atoms with van der Waals surface area (Å²) in [7, 11) is 0. The molecule has 0 aromatic heterocycles. The summed E-state index contributed by atoms with van der Waals surface area (Å²) in [6.45, 7) is 1.99. The molecule has 0 spiro atoms. The zero-order valence-corrected chi connectivity index (χ0v) is 17.2. The average Bonchev–Trinajstić information content (AvgIpc) is 2.95. The molecule has 2 aromatic carbocycles. The van der Waals surface area contributed by atoms with E-state index in [9.17, 15) is 14.4 Å². The van der Waals surface area contributed by atoms with Crippen LogP contribution in [0.3, 0.4) is 0 Å². The molecule has 1 atom stereocenters. The fourth-order valence-corrected chi connectivity index (χ4v) is 4.12. The van der Waals surface area contributed by atoms with Crippen molar-refractivity contribution in [2.24, 2.45) is 0 Å². The van der Waals surface area contributed by atoms with Gasteiger partial charge in [-0.05, 0) is 42.3 Å². The van der Waals surface area contributed by atoms with Gasteiger partial charge in [0.15, 0.2) is 0 Å². The Bertz CT molecular complexity index is 870. The number of nitrogens with one attached hydrogen (secondary N) is 1. The molecule has 1 saturated heterocycles. The number of imide groups is 1. The lowest BCUT2D eigenvalue weighted by molar-refractivity contribution is -0.121. The van der Waals surface area contributed by atoms with E-state index in [1.807, 2.05) is 37.3 Å². The van der Waals surface area contributed by atoms with Crippen LogP contribution in [0.1, 0.15) is 18.9 Å². The van der Waals surface area contributed by atoms with E-state index in [-0.39, 0.29) is 29.9 Å². The summed E-state index contributed by atoms with van der Waals surface area (Å²) in [6, 6.07) is 14.7. The number of hydrogen-bond donors (Lipinski definition) is 1. The first kappa shape index (κ1) is 19.6. The Morgan fingerprint density at radius 1 is 1.19 bits per heavy atom. The Labute approximate surface area is 170 Å². The second-order valence-electron chi connectivity index (χ2n) is 6.11. The molecular formula is C20H19BrN2O3S. The van der Waals surface area contributed by atoms with Crippen LogP contribution in [0.2, 0.25) is 0 Å². The van der Waals surface area contributed by atoms with Gasteiger partial charge in [-0.2, -0.15) is 0 Å². The number of amides is 3. The van der Waals surface area contributed by atoms with Crippen molar-refractivity contribution in [3.63, 3.8) is 0 Å². The molecule has 0 radical (unpaired) electrons. The Hall–Kier alpha value is -2.12. The molecule has 0 aliphatic carbocycles. The Kier molecular flexibility index (Phi) is 6.34. The number of carbonyl (C=O) groups is 3. The molecule has 3 amide bonds. The van der Waals surface area contributed by atoms with Crippen LogP contribution in [0.15, 0.2) is 53.0 Å². The molecule has 27 heavy (non-hydrogen) atoms. The lowest BCUT2D eigenvalue weighted by Gasteiger charge is -2.18. The van der Waals surface area contributed by atoms with E-state index in [1.165, 1.54) is 16.7 Å². The fraction of sp³-hybridized carbons (Fsp3) is 0.250. The molecule has 3 rings (SSSR count). The van der Waals surface area contributed by atoms with Crippen LogP contribution in [-0.2, 0) is 20.8 Å². The normalized spacial score (nSPS) is 16.7. The molecule has 1 heterocycles. The summed E-state index contributed by atoms with van der Waals surface area (Å²) < 4.78 is 0.928. The number of thioether (sulfide) groups is 1. The van der Waals surface area contributed by atoms with Crippen LogP contribution >= 0.6 is 27.7 Å². The number of halogens is 1. The molecule has 1 N–H and O–H groups in total. The lowest BCUT2D eigenvalue weighted by atomic mass is 10.1. The van der Waals surface area contributed by atoms with Crippen LogP contribution in [0.5, 0.6) is 0 Å². The maximum atomic E-state index is 12.7. The summed E-state index contributed by atoms with van der Waals surface area (Å²) in [5.41, 5.74) is 2.30. The first-order chi connectivity index (χ1) is 13.0. The summed E-state index contributed by atoms with van der Waals surface area (Å²) in [5.74, 6) is -0.549. The van der Waals surface area contributed by atoms with Crippen LogP contribution in [0, 0.1) is 0 Å². The van der Waals surface area contributed by atoms with E-state index in [1.54, 1.807) is 18.2 Å². The summed E-state index contributed by atoms with van der Waals surface area (Å²) >= 11 is 4.55. The van der Waals surface area contributed by atoms with Gasteiger partial charge in [0.25, 0.3) is 0 Å². The number of nitrogens with zero attached hydrogens (tertiary/aromatic N) is 1. The van der Waals surface area contributed by atoms with Crippen molar-refractivity contribution in [2.75, 3.05) is 16.0 Å². The third-order valence-electron chi connectivity index (χ3n) is 4.26. The average molecular weight is 447 g/mol. The molecule has 1 aliphatic rings. The number of anilines is 2. The van der Waals surface area contributed by atoms with Crippen LogP contribution < -0.4 is 10.2 Å². The number of aryl methyl sites for hydroxylation is 1. The van der Waals surface area contributed by atoms with Gasteiger partial charge >= 0.3 is 0 Å². The summed E-state index contributed by atoms with van der Waals surface area (Å²) in [6.07, 6.45) is 0.855. The molecular weight excluding hydrogens is 428 g/mol. The van der Waals surface area contributed by atoms with E-state index in [2.05, 4.69) is 21.2 Å². The number of para-hydroxylation sites is 1. The number of rotatable bonds is 6.